The highest BCUT2D eigenvalue weighted by Crippen LogP contribution is 2.17. The number of carbonyl (C=O) groups excluding carboxylic acids is 2. The summed E-state index contributed by atoms with van der Waals surface area (Å²) in [6.45, 7) is 1.93. The van der Waals surface area contributed by atoms with E-state index in [1.165, 1.54) is 7.11 Å². The van der Waals surface area contributed by atoms with Crippen LogP contribution in [0.3, 0.4) is 0 Å². The lowest BCUT2D eigenvalue weighted by Gasteiger charge is -2.22. The normalized spacial score (nSPS) is 17.2. The van der Waals surface area contributed by atoms with Crippen molar-refractivity contribution in [1.29, 1.82) is 0 Å². The number of methoxy groups -OCH3 is 1. The van der Waals surface area contributed by atoms with Crippen LogP contribution < -0.4 is 10.6 Å². The van der Waals surface area contributed by atoms with Gasteiger partial charge in [0.05, 0.1) is 13.5 Å². The molecule has 1 amide bonds. The maximum atomic E-state index is 11.7. The quantitative estimate of drug-likeness (QED) is 0.564. The number of aliphatic carboxylic acids is 1. The van der Waals surface area contributed by atoms with Crippen LogP contribution in [-0.2, 0) is 19.1 Å². The molecule has 0 unspecified atom stereocenters. The number of hydrogen-bond donors (Lipinski definition) is 3. The summed E-state index contributed by atoms with van der Waals surface area (Å²) in [7, 11) is 1.18. The molecule has 1 rings (SSSR count). The predicted octanol–water partition coefficient (Wildman–Crippen LogP) is -0.101. The minimum atomic E-state index is -1.23. The zero-order valence-corrected chi connectivity index (χ0v) is 11.7. The smallest absolute Gasteiger partial charge is 0.326 e. The Morgan fingerprint density at radius 1 is 1.35 bits per heavy atom. The number of esters is 1. The van der Waals surface area contributed by atoms with E-state index in [1.807, 2.05) is 0 Å². The Kier molecular flexibility index (Phi) is 7.00. The third kappa shape index (κ3) is 6.01. The number of rotatable bonds is 7. The number of carboxylic acid groups (broad SMARTS) is 1. The maximum absolute atomic E-state index is 11.7. The fourth-order valence-electron chi connectivity index (χ4n) is 2.22. The molecule has 0 aromatic heterocycles. The first kappa shape index (κ1) is 16.4. The number of ether oxygens (including phenoxy) is 1. The van der Waals surface area contributed by atoms with Crippen molar-refractivity contribution in [3.8, 4) is 0 Å². The van der Waals surface area contributed by atoms with Crippen LogP contribution in [0.25, 0.3) is 0 Å². The highest BCUT2D eigenvalue weighted by Gasteiger charge is 2.24. The number of carbonyl (C=O) groups is 3. The Hall–Kier alpha value is -1.63. The van der Waals surface area contributed by atoms with E-state index in [1.54, 1.807) is 0 Å². The predicted molar refractivity (Wildman–Crippen MR) is 71.0 cm³/mol. The van der Waals surface area contributed by atoms with E-state index in [2.05, 4.69) is 15.4 Å². The van der Waals surface area contributed by atoms with Gasteiger partial charge in [-0.05, 0) is 38.3 Å². The van der Waals surface area contributed by atoms with E-state index in [-0.39, 0.29) is 18.7 Å². The van der Waals surface area contributed by atoms with Crippen LogP contribution >= 0.6 is 0 Å². The third-order valence-electron chi connectivity index (χ3n) is 3.47. The van der Waals surface area contributed by atoms with Gasteiger partial charge in [0.2, 0.25) is 5.91 Å². The third-order valence-corrected chi connectivity index (χ3v) is 3.47. The Morgan fingerprint density at radius 2 is 2.00 bits per heavy atom. The largest absolute Gasteiger partial charge is 0.480 e. The van der Waals surface area contributed by atoms with E-state index < -0.39 is 18.0 Å². The van der Waals surface area contributed by atoms with Crippen LogP contribution in [0.4, 0.5) is 0 Å². The summed E-state index contributed by atoms with van der Waals surface area (Å²) in [5.41, 5.74) is 0. The molecule has 1 aliphatic rings. The number of amides is 1. The monoisotopic (exact) mass is 286 g/mol. The van der Waals surface area contributed by atoms with E-state index in [0.717, 1.165) is 32.4 Å². The van der Waals surface area contributed by atoms with Crippen LogP contribution in [0.5, 0.6) is 0 Å². The fourth-order valence-corrected chi connectivity index (χ4v) is 2.22. The first-order valence-corrected chi connectivity index (χ1v) is 6.82. The highest BCUT2D eigenvalue weighted by atomic mass is 16.5. The first-order valence-electron chi connectivity index (χ1n) is 6.82. The summed E-state index contributed by atoms with van der Waals surface area (Å²) in [6.07, 6.45) is 2.76. The van der Waals surface area contributed by atoms with E-state index >= 15 is 0 Å². The topological polar surface area (TPSA) is 105 Å². The molecule has 0 aromatic rings. The highest BCUT2D eigenvalue weighted by molar-refractivity contribution is 5.87. The van der Waals surface area contributed by atoms with Crippen molar-refractivity contribution in [3.63, 3.8) is 0 Å². The standard InChI is InChI=1S/C13H22N2O5/c1-20-12(17)8-10(13(18)19)15-11(16)3-2-9-4-6-14-7-5-9/h9-10,14H,2-8H2,1H3,(H,15,16)(H,18,19)/t10-/m0/s1. The molecule has 20 heavy (non-hydrogen) atoms. The second-order valence-corrected chi connectivity index (χ2v) is 4.97. The summed E-state index contributed by atoms with van der Waals surface area (Å²) in [6, 6.07) is -1.22. The summed E-state index contributed by atoms with van der Waals surface area (Å²) in [5, 5.41) is 14.6. The van der Waals surface area contributed by atoms with Crippen LogP contribution in [0.1, 0.15) is 32.1 Å². The van der Waals surface area contributed by atoms with Gasteiger partial charge in [-0.3, -0.25) is 9.59 Å². The number of nitrogens with one attached hydrogen (secondary N) is 2. The molecule has 1 fully saturated rings. The number of carboxylic acids is 1. The minimum absolute atomic E-state index is 0.287. The van der Waals surface area contributed by atoms with Gasteiger partial charge in [0, 0.05) is 6.42 Å². The molecule has 0 aromatic carbocycles. The zero-order chi connectivity index (χ0) is 15.0. The Labute approximate surface area is 118 Å². The lowest BCUT2D eigenvalue weighted by Crippen LogP contribution is -2.42. The van der Waals surface area contributed by atoms with Gasteiger partial charge in [0.1, 0.15) is 6.04 Å². The van der Waals surface area contributed by atoms with Gasteiger partial charge < -0.3 is 20.5 Å². The molecule has 0 saturated carbocycles. The van der Waals surface area contributed by atoms with Crippen molar-refractivity contribution < 1.29 is 24.2 Å². The maximum Gasteiger partial charge on any atom is 0.326 e. The summed E-state index contributed by atoms with van der Waals surface area (Å²) >= 11 is 0. The Morgan fingerprint density at radius 3 is 2.55 bits per heavy atom. The molecule has 1 saturated heterocycles. The molecule has 3 N–H and O–H groups in total. The molecule has 0 radical (unpaired) electrons. The number of piperidine rings is 1. The van der Waals surface area contributed by atoms with E-state index in [9.17, 15) is 14.4 Å². The molecular weight excluding hydrogens is 264 g/mol. The fraction of sp³-hybridized carbons (Fsp3) is 0.769. The van der Waals surface area contributed by atoms with Crippen LogP contribution in [-0.4, -0.2) is 49.2 Å². The van der Waals surface area contributed by atoms with Gasteiger partial charge in [0.25, 0.3) is 0 Å². The molecule has 7 nitrogen and oxygen atoms in total. The van der Waals surface area contributed by atoms with Crippen molar-refractivity contribution in [2.75, 3.05) is 20.2 Å². The Balaban J connectivity index is 2.33. The van der Waals surface area contributed by atoms with E-state index in [0.29, 0.717) is 5.92 Å². The molecule has 7 heteroatoms. The van der Waals surface area contributed by atoms with Crippen LogP contribution in [0.2, 0.25) is 0 Å². The van der Waals surface area contributed by atoms with Crippen molar-refractivity contribution in [3.05, 3.63) is 0 Å². The summed E-state index contributed by atoms with van der Waals surface area (Å²) in [4.78, 5) is 33.8. The van der Waals surface area contributed by atoms with Gasteiger partial charge in [-0.1, -0.05) is 0 Å². The molecule has 0 aliphatic carbocycles. The average Bonchev–Trinajstić information content (AvgIpc) is 2.45. The minimum Gasteiger partial charge on any atom is -0.480 e. The van der Waals surface area contributed by atoms with Crippen LogP contribution in [0.15, 0.2) is 0 Å². The number of hydrogen-bond acceptors (Lipinski definition) is 5. The summed E-state index contributed by atoms with van der Waals surface area (Å²) < 4.78 is 4.41. The lowest BCUT2D eigenvalue weighted by atomic mass is 9.93. The van der Waals surface area contributed by atoms with Gasteiger partial charge in [-0.15, -0.1) is 0 Å². The molecule has 1 aliphatic heterocycles. The molecule has 1 heterocycles. The average molecular weight is 286 g/mol. The van der Waals surface area contributed by atoms with Gasteiger partial charge in [-0.25, -0.2) is 4.79 Å². The van der Waals surface area contributed by atoms with Gasteiger partial charge >= 0.3 is 11.9 Å². The van der Waals surface area contributed by atoms with Crippen molar-refractivity contribution in [1.82, 2.24) is 10.6 Å². The molecule has 114 valence electrons. The van der Waals surface area contributed by atoms with Gasteiger partial charge in [0.15, 0.2) is 0 Å². The zero-order valence-electron chi connectivity index (χ0n) is 11.7. The molecule has 1 atom stereocenters. The molecule has 0 spiro atoms. The molecular formula is C13H22N2O5. The second kappa shape index (κ2) is 8.52. The van der Waals surface area contributed by atoms with Gasteiger partial charge in [-0.2, -0.15) is 0 Å². The summed E-state index contributed by atoms with van der Waals surface area (Å²) in [5.74, 6) is -1.72. The van der Waals surface area contributed by atoms with Crippen molar-refractivity contribution >= 4 is 17.8 Å². The Bertz CT molecular complexity index is 353. The first-order chi connectivity index (χ1) is 9.52. The van der Waals surface area contributed by atoms with Crippen molar-refractivity contribution in [2.24, 2.45) is 5.92 Å². The lowest BCUT2D eigenvalue weighted by molar-refractivity contribution is -0.148. The van der Waals surface area contributed by atoms with Crippen molar-refractivity contribution in [2.45, 2.75) is 38.1 Å². The van der Waals surface area contributed by atoms with Crippen LogP contribution in [0, 0.1) is 5.92 Å². The van der Waals surface area contributed by atoms with E-state index in [4.69, 9.17) is 5.11 Å². The SMILES string of the molecule is COC(=O)C[C@H](NC(=O)CCC1CCNCC1)C(=O)O. The second-order valence-electron chi connectivity index (χ2n) is 4.97. The molecule has 0 bridgehead atoms.